The van der Waals surface area contributed by atoms with Gasteiger partial charge >= 0.3 is 0 Å². The van der Waals surface area contributed by atoms with Crippen molar-refractivity contribution in [1.82, 2.24) is 25.3 Å². The Morgan fingerprint density at radius 3 is 2.73 bits per heavy atom. The standard InChI is InChI=1S/C20H20N6O4/c27-17-4-3-15(18(28)23-17)26-19(29)13-2-1-11(7-14(13)20(26)30)9-22-16-8-12-10-21-5-6-25(12)24-16/h1-2,7-8,15,21H,3-6,9-10H2,(H,22,24)(H,23,27,28). The third-order valence-corrected chi connectivity index (χ3v) is 5.65. The molecule has 1 aromatic heterocycles. The summed E-state index contributed by atoms with van der Waals surface area (Å²) in [6.45, 7) is 2.93. The van der Waals surface area contributed by atoms with E-state index in [0.717, 1.165) is 41.6 Å². The van der Waals surface area contributed by atoms with Crippen molar-refractivity contribution in [1.29, 1.82) is 0 Å². The van der Waals surface area contributed by atoms with E-state index in [1.807, 2.05) is 10.7 Å². The van der Waals surface area contributed by atoms with Gasteiger partial charge in [-0.05, 0) is 24.1 Å². The first-order valence-corrected chi connectivity index (χ1v) is 9.87. The molecule has 1 fully saturated rings. The Bertz CT molecular complexity index is 1070. The average molecular weight is 408 g/mol. The predicted molar refractivity (Wildman–Crippen MR) is 104 cm³/mol. The average Bonchev–Trinajstić information content (AvgIpc) is 3.26. The Kier molecular flexibility index (Phi) is 4.35. The Balaban J connectivity index is 1.32. The number of amides is 4. The van der Waals surface area contributed by atoms with Crippen LogP contribution in [0.15, 0.2) is 24.3 Å². The van der Waals surface area contributed by atoms with E-state index in [1.165, 1.54) is 0 Å². The molecule has 1 aromatic carbocycles. The molecule has 0 saturated carbocycles. The summed E-state index contributed by atoms with van der Waals surface area (Å²) < 4.78 is 1.96. The van der Waals surface area contributed by atoms with Crippen LogP contribution in [0.5, 0.6) is 0 Å². The summed E-state index contributed by atoms with van der Waals surface area (Å²) in [6, 6.07) is 6.09. The lowest BCUT2D eigenvalue weighted by molar-refractivity contribution is -0.136. The third-order valence-electron chi connectivity index (χ3n) is 5.65. The molecule has 1 atom stereocenters. The maximum absolute atomic E-state index is 12.9. The summed E-state index contributed by atoms with van der Waals surface area (Å²) in [5.41, 5.74) is 2.48. The third kappa shape index (κ3) is 3.05. The number of piperidine rings is 1. The zero-order chi connectivity index (χ0) is 20.8. The van der Waals surface area contributed by atoms with Crippen LogP contribution in [0, 0.1) is 0 Å². The van der Waals surface area contributed by atoms with Gasteiger partial charge in [-0.3, -0.25) is 34.1 Å². The Morgan fingerprint density at radius 2 is 1.93 bits per heavy atom. The molecule has 3 N–H and O–H groups in total. The van der Waals surface area contributed by atoms with Gasteiger partial charge in [-0.15, -0.1) is 0 Å². The van der Waals surface area contributed by atoms with Crippen LogP contribution in [0.2, 0.25) is 0 Å². The quantitative estimate of drug-likeness (QED) is 0.608. The van der Waals surface area contributed by atoms with E-state index in [0.29, 0.717) is 6.54 Å². The number of carbonyl (C=O) groups excluding carboxylic acids is 4. The molecular weight excluding hydrogens is 388 g/mol. The molecule has 0 aliphatic carbocycles. The van der Waals surface area contributed by atoms with Gasteiger partial charge in [0.25, 0.3) is 11.8 Å². The summed E-state index contributed by atoms with van der Waals surface area (Å²) in [5, 5.41) is 13.3. The summed E-state index contributed by atoms with van der Waals surface area (Å²) in [6.07, 6.45) is 0.244. The summed E-state index contributed by atoms with van der Waals surface area (Å²) >= 11 is 0. The lowest BCUT2D eigenvalue weighted by Gasteiger charge is -2.27. The second-order valence-corrected chi connectivity index (χ2v) is 7.60. The lowest BCUT2D eigenvalue weighted by Crippen LogP contribution is -2.54. The molecule has 30 heavy (non-hydrogen) atoms. The molecule has 10 heteroatoms. The molecule has 0 spiro atoms. The van der Waals surface area contributed by atoms with Crippen LogP contribution in [-0.4, -0.2) is 50.9 Å². The number of fused-ring (bicyclic) bond motifs is 2. The topological polar surface area (TPSA) is 125 Å². The number of nitrogens with zero attached hydrogens (tertiary/aromatic N) is 3. The number of carbonyl (C=O) groups is 4. The van der Waals surface area contributed by atoms with Crippen molar-refractivity contribution >= 4 is 29.4 Å². The molecule has 154 valence electrons. The summed E-state index contributed by atoms with van der Waals surface area (Å²) in [5.74, 6) is -1.26. The van der Waals surface area contributed by atoms with Crippen molar-refractivity contribution < 1.29 is 19.2 Å². The van der Waals surface area contributed by atoms with Gasteiger partial charge in [-0.1, -0.05) is 6.07 Å². The maximum atomic E-state index is 12.9. The molecule has 1 saturated heterocycles. The van der Waals surface area contributed by atoms with Crippen molar-refractivity contribution in [2.45, 2.75) is 38.5 Å². The molecule has 3 aliphatic heterocycles. The zero-order valence-corrected chi connectivity index (χ0v) is 16.1. The molecule has 5 rings (SSSR count). The highest BCUT2D eigenvalue weighted by Crippen LogP contribution is 2.28. The van der Waals surface area contributed by atoms with Crippen LogP contribution in [0.1, 0.15) is 44.8 Å². The van der Waals surface area contributed by atoms with Crippen molar-refractivity contribution in [2.24, 2.45) is 0 Å². The Labute approximate surface area is 171 Å². The van der Waals surface area contributed by atoms with Gasteiger partial charge in [0, 0.05) is 32.1 Å². The van der Waals surface area contributed by atoms with Crippen LogP contribution >= 0.6 is 0 Å². The van der Waals surface area contributed by atoms with Crippen molar-refractivity contribution in [3.05, 3.63) is 46.6 Å². The summed E-state index contributed by atoms with van der Waals surface area (Å²) in [4.78, 5) is 50.1. The molecule has 2 aromatic rings. The minimum atomic E-state index is -0.956. The number of anilines is 1. The number of imide groups is 2. The van der Waals surface area contributed by atoms with Crippen molar-refractivity contribution in [3.8, 4) is 0 Å². The van der Waals surface area contributed by atoms with Gasteiger partial charge in [-0.25, -0.2) is 0 Å². The van der Waals surface area contributed by atoms with E-state index in [-0.39, 0.29) is 24.0 Å². The zero-order valence-electron chi connectivity index (χ0n) is 16.1. The van der Waals surface area contributed by atoms with Crippen LogP contribution in [-0.2, 0) is 29.2 Å². The predicted octanol–water partition coefficient (Wildman–Crippen LogP) is -0.000400. The molecule has 4 amide bonds. The summed E-state index contributed by atoms with van der Waals surface area (Å²) in [7, 11) is 0. The highest BCUT2D eigenvalue weighted by molar-refractivity contribution is 6.23. The van der Waals surface area contributed by atoms with Gasteiger partial charge < -0.3 is 10.6 Å². The Hall–Kier alpha value is -3.53. The van der Waals surface area contributed by atoms with E-state index in [9.17, 15) is 19.2 Å². The van der Waals surface area contributed by atoms with E-state index in [1.54, 1.807) is 18.2 Å². The second-order valence-electron chi connectivity index (χ2n) is 7.60. The smallest absolute Gasteiger partial charge is 0.262 e. The van der Waals surface area contributed by atoms with Crippen LogP contribution in [0.4, 0.5) is 5.82 Å². The largest absolute Gasteiger partial charge is 0.365 e. The number of aromatic nitrogens is 2. The molecule has 4 heterocycles. The van der Waals surface area contributed by atoms with Crippen LogP contribution in [0.3, 0.4) is 0 Å². The fourth-order valence-corrected chi connectivity index (χ4v) is 4.10. The van der Waals surface area contributed by atoms with E-state index < -0.39 is 29.7 Å². The number of hydrogen-bond donors (Lipinski definition) is 3. The maximum Gasteiger partial charge on any atom is 0.262 e. The lowest BCUT2D eigenvalue weighted by atomic mass is 10.0. The first kappa shape index (κ1) is 18.5. The molecule has 10 nitrogen and oxygen atoms in total. The number of rotatable bonds is 4. The Morgan fingerprint density at radius 1 is 1.10 bits per heavy atom. The van der Waals surface area contributed by atoms with E-state index >= 15 is 0 Å². The van der Waals surface area contributed by atoms with Crippen LogP contribution in [0.25, 0.3) is 0 Å². The minimum Gasteiger partial charge on any atom is -0.365 e. The molecule has 3 aliphatic rings. The fourth-order valence-electron chi connectivity index (χ4n) is 4.10. The van der Waals surface area contributed by atoms with Gasteiger partial charge in [0.05, 0.1) is 23.4 Å². The van der Waals surface area contributed by atoms with E-state index in [2.05, 4.69) is 21.0 Å². The van der Waals surface area contributed by atoms with Gasteiger partial charge in [0.15, 0.2) is 0 Å². The molecule has 0 radical (unpaired) electrons. The fraction of sp³-hybridized carbons (Fsp3) is 0.350. The van der Waals surface area contributed by atoms with Crippen molar-refractivity contribution in [3.63, 3.8) is 0 Å². The second kappa shape index (κ2) is 7.06. The normalized spacial score (nSPS) is 20.8. The SMILES string of the molecule is O=C1CCC(N2C(=O)c3ccc(CNc4cc5n(n4)CCNC5)cc3C2=O)C(=O)N1. The first-order valence-electron chi connectivity index (χ1n) is 9.87. The number of nitrogens with one attached hydrogen (secondary N) is 3. The highest BCUT2D eigenvalue weighted by Gasteiger charge is 2.44. The monoisotopic (exact) mass is 408 g/mol. The number of benzene rings is 1. The van der Waals surface area contributed by atoms with E-state index in [4.69, 9.17) is 0 Å². The highest BCUT2D eigenvalue weighted by atomic mass is 16.2. The van der Waals surface area contributed by atoms with Crippen molar-refractivity contribution in [2.75, 3.05) is 11.9 Å². The molecule has 1 unspecified atom stereocenters. The molecule has 0 bridgehead atoms. The van der Waals surface area contributed by atoms with Gasteiger partial charge in [-0.2, -0.15) is 5.10 Å². The minimum absolute atomic E-state index is 0.100. The number of hydrogen-bond acceptors (Lipinski definition) is 7. The van der Waals surface area contributed by atoms with Gasteiger partial charge in [0.1, 0.15) is 11.9 Å². The molecular formula is C20H20N6O4. The van der Waals surface area contributed by atoms with Crippen LogP contribution < -0.4 is 16.0 Å². The van der Waals surface area contributed by atoms with Gasteiger partial charge in [0.2, 0.25) is 11.8 Å². The first-order chi connectivity index (χ1) is 14.5.